The van der Waals surface area contributed by atoms with E-state index in [1.165, 1.54) is 22.4 Å². The molecule has 0 radical (unpaired) electrons. The number of aromatic nitrogens is 1. The standard InChI is InChI=1S/C28H40N4.C2H6/c1-6-10-27(24-13-14-28(30-21-24)32-19-17-31(5)18-20-32)29-16-15-23(7-2)26-12-9-8-11-25(26)22(3)4;1-2/h7-14,21-22,29H,6,15-20H2,1-5H3;1-2H3/b23-7-,27-10+;. The van der Waals surface area contributed by atoms with Gasteiger partial charge in [-0.1, -0.05) is 71.0 Å². The molecule has 1 fully saturated rings. The van der Waals surface area contributed by atoms with Crippen molar-refractivity contribution in [1.82, 2.24) is 15.2 Å². The summed E-state index contributed by atoms with van der Waals surface area (Å²) in [7, 11) is 2.18. The number of anilines is 1. The quantitative estimate of drug-likeness (QED) is 0.443. The first-order valence-electron chi connectivity index (χ1n) is 13.1. The van der Waals surface area contributed by atoms with Crippen LogP contribution in [0.3, 0.4) is 0 Å². The highest BCUT2D eigenvalue weighted by Gasteiger charge is 2.15. The van der Waals surface area contributed by atoms with Gasteiger partial charge in [-0.25, -0.2) is 4.98 Å². The number of pyridine rings is 1. The summed E-state index contributed by atoms with van der Waals surface area (Å²) in [5.74, 6) is 1.61. The monoisotopic (exact) mass is 462 g/mol. The molecule has 0 atom stereocenters. The third-order valence-electron chi connectivity index (χ3n) is 6.28. The smallest absolute Gasteiger partial charge is 0.128 e. The Morgan fingerprint density at radius 3 is 2.35 bits per heavy atom. The zero-order valence-corrected chi connectivity index (χ0v) is 22.6. The summed E-state index contributed by atoms with van der Waals surface area (Å²) in [6.07, 6.45) is 8.54. The minimum Gasteiger partial charge on any atom is -0.384 e. The first-order valence-corrected chi connectivity index (χ1v) is 13.1. The van der Waals surface area contributed by atoms with Crippen molar-refractivity contribution >= 4 is 17.1 Å². The second kappa shape index (κ2) is 14.6. The van der Waals surface area contributed by atoms with Crippen molar-refractivity contribution in [2.75, 3.05) is 44.7 Å². The Labute approximate surface area is 208 Å². The van der Waals surface area contributed by atoms with Gasteiger partial charge in [-0.2, -0.15) is 0 Å². The molecule has 3 rings (SSSR count). The van der Waals surface area contributed by atoms with Gasteiger partial charge in [0.05, 0.1) is 0 Å². The normalized spacial score (nSPS) is 15.2. The van der Waals surface area contributed by atoms with Crippen LogP contribution >= 0.6 is 0 Å². The summed E-state index contributed by atoms with van der Waals surface area (Å²) < 4.78 is 0. The van der Waals surface area contributed by atoms with Crippen LogP contribution in [0.25, 0.3) is 11.3 Å². The number of hydrogen-bond donors (Lipinski definition) is 1. The lowest BCUT2D eigenvalue weighted by Gasteiger charge is -2.33. The summed E-state index contributed by atoms with van der Waals surface area (Å²) in [5, 5.41) is 3.69. The van der Waals surface area contributed by atoms with Gasteiger partial charge < -0.3 is 15.1 Å². The Hall–Kier alpha value is -2.59. The summed E-state index contributed by atoms with van der Waals surface area (Å²) in [5.41, 5.74) is 6.55. The molecule has 1 N–H and O–H groups in total. The molecule has 4 heteroatoms. The Bertz CT molecular complexity index is 904. The van der Waals surface area contributed by atoms with Crippen LogP contribution in [0.1, 0.15) is 77.0 Å². The zero-order valence-electron chi connectivity index (χ0n) is 22.6. The summed E-state index contributed by atoms with van der Waals surface area (Å²) in [6.45, 7) is 18.1. The lowest BCUT2D eigenvalue weighted by molar-refractivity contribution is 0.312. The van der Waals surface area contributed by atoms with E-state index in [-0.39, 0.29) is 0 Å². The number of nitrogens with one attached hydrogen (secondary N) is 1. The Morgan fingerprint density at radius 2 is 1.76 bits per heavy atom. The van der Waals surface area contributed by atoms with E-state index < -0.39 is 0 Å². The Kier molecular flexibility index (Phi) is 11.9. The number of benzene rings is 1. The fourth-order valence-corrected chi connectivity index (χ4v) is 4.32. The van der Waals surface area contributed by atoms with Gasteiger partial charge in [-0.15, -0.1) is 0 Å². The lowest BCUT2D eigenvalue weighted by atomic mass is 9.91. The summed E-state index contributed by atoms with van der Waals surface area (Å²) in [6, 6.07) is 13.2. The van der Waals surface area contributed by atoms with Crippen molar-refractivity contribution in [2.24, 2.45) is 0 Å². The minimum absolute atomic E-state index is 0.523. The molecule has 0 unspecified atom stereocenters. The molecule has 1 aliphatic heterocycles. The first-order chi connectivity index (χ1) is 16.5. The van der Waals surface area contributed by atoms with E-state index >= 15 is 0 Å². The van der Waals surface area contributed by atoms with Gasteiger partial charge >= 0.3 is 0 Å². The third-order valence-corrected chi connectivity index (χ3v) is 6.28. The van der Waals surface area contributed by atoms with Crippen molar-refractivity contribution in [1.29, 1.82) is 0 Å². The molecule has 1 aromatic heterocycles. The van der Waals surface area contributed by atoms with E-state index in [1.807, 2.05) is 20.0 Å². The van der Waals surface area contributed by atoms with Crippen molar-refractivity contribution in [2.45, 2.75) is 60.3 Å². The Balaban J connectivity index is 0.00000199. The summed E-state index contributed by atoms with van der Waals surface area (Å²) >= 11 is 0. The van der Waals surface area contributed by atoms with Crippen LogP contribution in [0.4, 0.5) is 5.82 Å². The molecule has 0 aliphatic carbocycles. The van der Waals surface area contributed by atoms with Gasteiger partial charge in [0, 0.05) is 50.2 Å². The molecular formula is C30H46N4. The van der Waals surface area contributed by atoms with Crippen LogP contribution in [0.2, 0.25) is 0 Å². The number of rotatable bonds is 9. The predicted octanol–water partition coefficient (Wildman–Crippen LogP) is 6.82. The highest BCUT2D eigenvalue weighted by Crippen LogP contribution is 2.27. The summed E-state index contributed by atoms with van der Waals surface area (Å²) in [4.78, 5) is 9.53. The number of likely N-dealkylation sites (N-methyl/N-ethyl adjacent to an activating group) is 1. The SMILES string of the molecule is C/C=C(/CCN/C(=C/CC)c1ccc(N2CCN(C)CC2)nc1)c1ccccc1C(C)C.CC. The highest BCUT2D eigenvalue weighted by atomic mass is 15.3. The van der Waals surface area contributed by atoms with Crippen LogP contribution in [0.15, 0.2) is 54.7 Å². The van der Waals surface area contributed by atoms with Crippen LogP contribution in [-0.4, -0.2) is 49.7 Å². The zero-order chi connectivity index (χ0) is 24.9. The molecule has 0 saturated carbocycles. The maximum absolute atomic E-state index is 4.78. The van der Waals surface area contributed by atoms with Crippen LogP contribution in [0.5, 0.6) is 0 Å². The van der Waals surface area contributed by atoms with Gasteiger partial charge in [-0.05, 0) is 61.6 Å². The van der Waals surface area contributed by atoms with E-state index in [1.54, 1.807) is 0 Å². The molecule has 1 aliphatic rings. The van der Waals surface area contributed by atoms with Gasteiger partial charge in [0.25, 0.3) is 0 Å². The van der Waals surface area contributed by atoms with Gasteiger partial charge in [0.2, 0.25) is 0 Å². The van der Waals surface area contributed by atoms with Gasteiger partial charge in [-0.3, -0.25) is 0 Å². The molecule has 0 bridgehead atoms. The maximum Gasteiger partial charge on any atom is 0.128 e. The fourth-order valence-electron chi connectivity index (χ4n) is 4.32. The maximum atomic E-state index is 4.78. The van der Waals surface area contributed by atoms with Gasteiger partial charge in [0.1, 0.15) is 5.82 Å². The second-order valence-electron chi connectivity index (χ2n) is 8.95. The average molecular weight is 463 g/mol. The predicted molar refractivity (Wildman–Crippen MR) is 150 cm³/mol. The minimum atomic E-state index is 0.523. The lowest BCUT2D eigenvalue weighted by Crippen LogP contribution is -2.44. The molecule has 0 spiro atoms. The molecule has 186 valence electrons. The van der Waals surface area contributed by atoms with Gasteiger partial charge in [0.15, 0.2) is 0 Å². The molecule has 4 nitrogen and oxygen atoms in total. The van der Waals surface area contributed by atoms with E-state index in [0.717, 1.165) is 56.9 Å². The van der Waals surface area contributed by atoms with E-state index in [9.17, 15) is 0 Å². The van der Waals surface area contributed by atoms with E-state index in [2.05, 4.69) is 98.4 Å². The Morgan fingerprint density at radius 1 is 1.06 bits per heavy atom. The number of piperazine rings is 1. The van der Waals surface area contributed by atoms with E-state index in [4.69, 9.17) is 4.98 Å². The fraction of sp³-hybridized carbons (Fsp3) is 0.500. The molecule has 2 aromatic rings. The highest BCUT2D eigenvalue weighted by molar-refractivity contribution is 5.69. The molecule has 34 heavy (non-hydrogen) atoms. The second-order valence-corrected chi connectivity index (χ2v) is 8.95. The van der Waals surface area contributed by atoms with Crippen LogP contribution < -0.4 is 10.2 Å². The van der Waals surface area contributed by atoms with Crippen LogP contribution in [-0.2, 0) is 0 Å². The molecular weight excluding hydrogens is 416 g/mol. The molecule has 1 saturated heterocycles. The topological polar surface area (TPSA) is 31.4 Å². The van der Waals surface area contributed by atoms with Crippen molar-refractivity contribution < 1.29 is 0 Å². The van der Waals surface area contributed by atoms with E-state index in [0.29, 0.717) is 5.92 Å². The molecule has 2 heterocycles. The van der Waals surface area contributed by atoms with Crippen molar-refractivity contribution in [3.63, 3.8) is 0 Å². The van der Waals surface area contributed by atoms with Crippen molar-refractivity contribution in [3.8, 4) is 0 Å². The first kappa shape index (κ1) is 27.7. The number of hydrogen-bond acceptors (Lipinski definition) is 4. The number of nitrogens with zero attached hydrogens (tertiary/aromatic N) is 3. The van der Waals surface area contributed by atoms with Crippen LogP contribution in [0, 0.1) is 0 Å². The van der Waals surface area contributed by atoms with Crippen molar-refractivity contribution in [3.05, 3.63) is 71.4 Å². The molecule has 1 aromatic carbocycles. The average Bonchev–Trinajstić information content (AvgIpc) is 2.88. The number of allylic oxidation sites excluding steroid dienone is 2. The third kappa shape index (κ3) is 7.73. The molecule has 0 amide bonds. The largest absolute Gasteiger partial charge is 0.384 e.